The number of carbonyl (C=O) groups excluding carboxylic acids is 1. The number of benzene rings is 3. The maximum absolute atomic E-state index is 11.6. The minimum Gasteiger partial charge on any atom is -0.482 e. The molecule has 5 rings (SSSR count). The Labute approximate surface area is 174 Å². The van der Waals surface area contributed by atoms with Crippen molar-refractivity contribution in [2.75, 3.05) is 17.2 Å². The normalized spacial score (nSPS) is 12.5. The minimum atomic E-state index is -0.143. The molecule has 4 aromatic rings. The number of pyridine rings is 1. The summed E-state index contributed by atoms with van der Waals surface area (Å²) in [6, 6.07) is 28.2. The first-order valence-electron chi connectivity index (χ1n) is 9.70. The van der Waals surface area contributed by atoms with Gasteiger partial charge in [-0.1, -0.05) is 48.5 Å². The van der Waals surface area contributed by atoms with Crippen LogP contribution < -0.4 is 15.4 Å². The molecule has 0 fully saturated rings. The van der Waals surface area contributed by atoms with Gasteiger partial charge in [-0.3, -0.25) is 4.79 Å². The van der Waals surface area contributed by atoms with Crippen LogP contribution >= 0.6 is 0 Å². The van der Waals surface area contributed by atoms with E-state index in [1.165, 1.54) is 5.56 Å². The highest BCUT2D eigenvalue weighted by Gasteiger charge is 2.16. The van der Waals surface area contributed by atoms with Crippen LogP contribution in [0.15, 0.2) is 91.1 Å². The highest BCUT2D eigenvalue weighted by Crippen LogP contribution is 2.33. The summed E-state index contributed by atoms with van der Waals surface area (Å²) in [5, 5.41) is 6.24. The van der Waals surface area contributed by atoms with Gasteiger partial charge in [0, 0.05) is 11.9 Å². The number of amides is 1. The first-order valence-corrected chi connectivity index (χ1v) is 9.70. The Hall–Kier alpha value is -4.12. The molecular weight excluding hydrogens is 374 g/mol. The van der Waals surface area contributed by atoms with E-state index in [-0.39, 0.29) is 12.5 Å². The predicted octanol–water partition coefficient (Wildman–Crippen LogP) is 5.49. The Morgan fingerprint density at radius 3 is 2.50 bits per heavy atom. The Morgan fingerprint density at radius 1 is 0.800 bits per heavy atom. The van der Waals surface area contributed by atoms with E-state index >= 15 is 0 Å². The molecule has 2 N–H and O–H groups in total. The van der Waals surface area contributed by atoms with Crippen molar-refractivity contribution in [2.24, 2.45) is 0 Å². The zero-order valence-corrected chi connectivity index (χ0v) is 16.1. The van der Waals surface area contributed by atoms with Gasteiger partial charge in [-0.15, -0.1) is 0 Å². The molecule has 1 aromatic heterocycles. The van der Waals surface area contributed by atoms with E-state index in [0.717, 1.165) is 28.2 Å². The molecule has 0 aliphatic carbocycles. The summed E-state index contributed by atoms with van der Waals surface area (Å²) in [5.74, 6) is 1.29. The van der Waals surface area contributed by atoms with Gasteiger partial charge in [0.25, 0.3) is 5.91 Å². The molecule has 0 unspecified atom stereocenters. The van der Waals surface area contributed by atoms with Crippen LogP contribution in [0.5, 0.6) is 5.75 Å². The second-order valence-corrected chi connectivity index (χ2v) is 7.05. The molecule has 30 heavy (non-hydrogen) atoms. The van der Waals surface area contributed by atoms with Gasteiger partial charge in [0.15, 0.2) is 6.61 Å². The van der Waals surface area contributed by atoms with Crippen LogP contribution in [-0.4, -0.2) is 17.5 Å². The lowest BCUT2D eigenvalue weighted by molar-refractivity contribution is -0.118. The fourth-order valence-corrected chi connectivity index (χ4v) is 3.50. The van der Waals surface area contributed by atoms with Crippen LogP contribution in [0.4, 0.5) is 17.2 Å². The predicted molar refractivity (Wildman–Crippen MR) is 119 cm³/mol. The smallest absolute Gasteiger partial charge is 0.262 e. The molecule has 1 amide bonds. The van der Waals surface area contributed by atoms with Crippen molar-refractivity contribution < 1.29 is 9.53 Å². The van der Waals surface area contributed by atoms with E-state index in [4.69, 9.17) is 4.74 Å². The molecule has 5 heteroatoms. The average Bonchev–Trinajstić information content (AvgIpc) is 2.79. The summed E-state index contributed by atoms with van der Waals surface area (Å²) in [7, 11) is 0. The Bertz CT molecular complexity index is 1220. The topological polar surface area (TPSA) is 63.2 Å². The number of hydrogen-bond acceptors (Lipinski definition) is 4. The van der Waals surface area contributed by atoms with Crippen LogP contribution in [0.25, 0.3) is 22.3 Å². The van der Waals surface area contributed by atoms with Crippen LogP contribution in [0.3, 0.4) is 0 Å². The SMILES string of the molecule is O=C1COc2ccc(-c3ccnc(Nc4cccc(-c5ccccc5)c4)c3)cc2N1. The second kappa shape index (κ2) is 7.72. The Kier molecular flexibility index (Phi) is 4.62. The maximum Gasteiger partial charge on any atom is 0.262 e. The third-order valence-corrected chi connectivity index (χ3v) is 4.95. The lowest BCUT2D eigenvalue weighted by Crippen LogP contribution is -2.25. The number of fused-ring (bicyclic) bond motifs is 1. The number of rotatable bonds is 4. The van der Waals surface area contributed by atoms with Crippen molar-refractivity contribution in [2.45, 2.75) is 0 Å². The molecule has 2 heterocycles. The molecule has 3 aromatic carbocycles. The molecule has 0 saturated heterocycles. The number of hydrogen-bond donors (Lipinski definition) is 2. The van der Waals surface area contributed by atoms with Crippen LogP contribution in [0.2, 0.25) is 0 Å². The number of ether oxygens (including phenoxy) is 1. The maximum atomic E-state index is 11.6. The third-order valence-electron chi connectivity index (χ3n) is 4.95. The van der Waals surface area contributed by atoms with Gasteiger partial charge in [0.05, 0.1) is 5.69 Å². The quantitative estimate of drug-likeness (QED) is 0.481. The highest BCUT2D eigenvalue weighted by molar-refractivity contribution is 5.96. The van der Waals surface area contributed by atoms with Crippen molar-refractivity contribution >= 4 is 23.1 Å². The fraction of sp³-hybridized carbons (Fsp3) is 0.0400. The molecule has 0 saturated carbocycles. The second-order valence-electron chi connectivity index (χ2n) is 7.05. The summed E-state index contributed by atoms with van der Waals surface area (Å²) < 4.78 is 5.44. The summed E-state index contributed by atoms with van der Waals surface area (Å²) >= 11 is 0. The van der Waals surface area contributed by atoms with E-state index < -0.39 is 0 Å². The molecule has 0 bridgehead atoms. The van der Waals surface area contributed by atoms with E-state index in [0.29, 0.717) is 11.4 Å². The van der Waals surface area contributed by atoms with Crippen molar-refractivity contribution in [3.8, 4) is 28.0 Å². The van der Waals surface area contributed by atoms with Gasteiger partial charge in [-0.25, -0.2) is 4.98 Å². The van der Waals surface area contributed by atoms with Crippen molar-refractivity contribution in [3.63, 3.8) is 0 Å². The zero-order valence-electron chi connectivity index (χ0n) is 16.1. The minimum absolute atomic E-state index is 0.0533. The van der Waals surface area contributed by atoms with Crippen LogP contribution in [0, 0.1) is 0 Å². The Balaban J connectivity index is 1.41. The van der Waals surface area contributed by atoms with Crippen molar-refractivity contribution in [1.82, 2.24) is 4.98 Å². The van der Waals surface area contributed by atoms with Crippen LogP contribution in [0.1, 0.15) is 0 Å². The zero-order chi connectivity index (χ0) is 20.3. The molecule has 5 nitrogen and oxygen atoms in total. The van der Waals surface area contributed by atoms with Crippen molar-refractivity contribution in [1.29, 1.82) is 0 Å². The largest absolute Gasteiger partial charge is 0.482 e. The van der Waals surface area contributed by atoms with Gasteiger partial charge < -0.3 is 15.4 Å². The van der Waals surface area contributed by atoms with Gasteiger partial charge in [-0.2, -0.15) is 0 Å². The van der Waals surface area contributed by atoms with Gasteiger partial charge in [0.2, 0.25) is 0 Å². The third kappa shape index (κ3) is 3.73. The molecular formula is C25H19N3O2. The molecule has 1 aliphatic rings. The summed E-state index contributed by atoms with van der Waals surface area (Å²) in [6.45, 7) is 0.0533. The lowest BCUT2D eigenvalue weighted by atomic mass is 10.0. The van der Waals surface area contributed by atoms with Gasteiger partial charge in [0.1, 0.15) is 11.6 Å². The standard InChI is InChI=1S/C25H19N3O2/c29-25-16-30-23-10-9-19(14-22(23)28-25)20-11-12-26-24(15-20)27-21-8-4-7-18(13-21)17-5-2-1-3-6-17/h1-15H,16H2,(H,26,27)(H,28,29). The average molecular weight is 393 g/mol. The van der Waals surface area contributed by atoms with Gasteiger partial charge >= 0.3 is 0 Å². The van der Waals surface area contributed by atoms with Gasteiger partial charge in [-0.05, 0) is 58.7 Å². The number of nitrogens with one attached hydrogen (secondary N) is 2. The van der Waals surface area contributed by atoms with E-state index in [1.807, 2.05) is 60.7 Å². The molecule has 1 aliphatic heterocycles. The van der Waals surface area contributed by atoms with E-state index in [2.05, 4.69) is 39.9 Å². The van der Waals surface area contributed by atoms with E-state index in [9.17, 15) is 4.79 Å². The van der Waals surface area contributed by atoms with Crippen molar-refractivity contribution in [3.05, 3.63) is 91.1 Å². The highest BCUT2D eigenvalue weighted by atomic mass is 16.5. The molecule has 0 radical (unpaired) electrons. The lowest BCUT2D eigenvalue weighted by Gasteiger charge is -2.18. The molecule has 146 valence electrons. The first-order chi connectivity index (χ1) is 14.7. The Morgan fingerprint density at radius 2 is 1.60 bits per heavy atom. The van der Waals surface area contributed by atoms with E-state index in [1.54, 1.807) is 6.20 Å². The number of nitrogens with zero attached hydrogens (tertiary/aromatic N) is 1. The summed E-state index contributed by atoms with van der Waals surface area (Å²) in [6.07, 6.45) is 1.77. The number of anilines is 3. The number of aromatic nitrogens is 1. The fourth-order valence-electron chi connectivity index (χ4n) is 3.50. The molecule has 0 spiro atoms. The summed E-state index contributed by atoms with van der Waals surface area (Å²) in [5.41, 5.74) is 5.93. The van der Waals surface area contributed by atoms with Crippen LogP contribution in [-0.2, 0) is 4.79 Å². The number of carbonyl (C=O) groups is 1. The monoisotopic (exact) mass is 393 g/mol. The first kappa shape index (κ1) is 17.9. The summed E-state index contributed by atoms with van der Waals surface area (Å²) in [4.78, 5) is 16.1. The molecule has 0 atom stereocenters.